The normalized spacial score (nSPS) is 24.4. The standard InChI is InChI=1S/C12H15F2NO3S/c13-10-5-2-6-11(14)12(10)19(17,18)15-8-3-1-4-9(16)7-8/h2,5-6,8-9,15-16H,1,3-4,7H2/t8-,9+/m0/s1. The van der Waals surface area contributed by atoms with Gasteiger partial charge in [0.05, 0.1) is 6.10 Å². The molecule has 1 saturated carbocycles. The molecule has 0 spiro atoms. The molecule has 0 unspecified atom stereocenters. The van der Waals surface area contributed by atoms with Gasteiger partial charge in [-0.15, -0.1) is 0 Å². The molecule has 0 radical (unpaired) electrons. The average molecular weight is 291 g/mol. The number of hydrogen-bond acceptors (Lipinski definition) is 3. The highest BCUT2D eigenvalue weighted by Crippen LogP contribution is 2.23. The number of aliphatic hydroxyl groups is 1. The van der Waals surface area contributed by atoms with Gasteiger partial charge in [0.2, 0.25) is 10.0 Å². The van der Waals surface area contributed by atoms with Gasteiger partial charge in [-0.2, -0.15) is 0 Å². The highest BCUT2D eigenvalue weighted by atomic mass is 32.2. The molecule has 1 aromatic rings. The van der Waals surface area contributed by atoms with Gasteiger partial charge < -0.3 is 5.11 Å². The van der Waals surface area contributed by atoms with E-state index in [4.69, 9.17) is 0 Å². The van der Waals surface area contributed by atoms with E-state index in [1.165, 1.54) is 0 Å². The van der Waals surface area contributed by atoms with Crippen LogP contribution < -0.4 is 4.72 Å². The number of sulfonamides is 1. The second kappa shape index (κ2) is 5.52. The third kappa shape index (κ3) is 3.29. The molecule has 0 aliphatic heterocycles. The summed E-state index contributed by atoms with van der Waals surface area (Å²) in [6, 6.07) is 2.40. The molecule has 1 aromatic carbocycles. The smallest absolute Gasteiger partial charge is 0.246 e. The fourth-order valence-corrected chi connectivity index (χ4v) is 3.71. The van der Waals surface area contributed by atoms with Crippen LogP contribution in [0.3, 0.4) is 0 Å². The van der Waals surface area contributed by atoms with Crippen LogP contribution in [-0.2, 0) is 10.0 Å². The summed E-state index contributed by atoms with van der Waals surface area (Å²) in [6.07, 6.45) is 1.52. The third-order valence-electron chi connectivity index (χ3n) is 3.16. The number of aliphatic hydroxyl groups excluding tert-OH is 1. The van der Waals surface area contributed by atoms with Crippen LogP contribution in [-0.4, -0.2) is 25.7 Å². The summed E-state index contributed by atoms with van der Waals surface area (Å²) in [5.74, 6) is -2.24. The van der Waals surface area contributed by atoms with E-state index in [0.717, 1.165) is 18.2 Å². The number of rotatable bonds is 3. The quantitative estimate of drug-likeness (QED) is 0.888. The number of nitrogens with one attached hydrogen (secondary N) is 1. The first-order valence-electron chi connectivity index (χ1n) is 6.04. The molecule has 0 aromatic heterocycles. The molecule has 1 aliphatic carbocycles. The second-order valence-corrected chi connectivity index (χ2v) is 6.34. The summed E-state index contributed by atoms with van der Waals surface area (Å²) in [7, 11) is -4.26. The summed E-state index contributed by atoms with van der Waals surface area (Å²) in [5, 5.41) is 9.47. The third-order valence-corrected chi connectivity index (χ3v) is 4.73. The van der Waals surface area contributed by atoms with Crippen molar-refractivity contribution in [3.63, 3.8) is 0 Å². The van der Waals surface area contributed by atoms with E-state index in [1.807, 2.05) is 0 Å². The summed E-state index contributed by atoms with van der Waals surface area (Å²) < 4.78 is 53.1. The topological polar surface area (TPSA) is 66.4 Å². The van der Waals surface area contributed by atoms with E-state index in [1.54, 1.807) is 0 Å². The van der Waals surface area contributed by atoms with Crippen molar-refractivity contribution in [2.75, 3.05) is 0 Å². The first-order chi connectivity index (χ1) is 8.90. The van der Waals surface area contributed by atoms with E-state index >= 15 is 0 Å². The first kappa shape index (κ1) is 14.4. The van der Waals surface area contributed by atoms with E-state index in [-0.39, 0.29) is 6.42 Å². The lowest BCUT2D eigenvalue weighted by atomic mass is 9.94. The maximum absolute atomic E-state index is 13.5. The lowest BCUT2D eigenvalue weighted by Crippen LogP contribution is -2.40. The lowest BCUT2D eigenvalue weighted by Gasteiger charge is -2.26. The van der Waals surface area contributed by atoms with Crippen LogP contribution in [0.5, 0.6) is 0 Å². The van der Waals surface area contributed by atoms with Crippen LogP contribution in [0.1, 0.15) is 25.7 Å². The Bertz CT molecular complexity index is 542. The minimum absolute atomic E-state index is 0.259. The van der Waals surface area contributed by atoms with Crippen LogP contribution in [0.4, 0.5) is 8.78 Å². The van der Waals surface area contributed by atoms with Crippen molar-refractivity contribution < 1.29 is 22.3 Å². The molecule has 1 fully saturated rings. The van der Waals surface area contributed by atoms with Crippen LogP contribution in [0.2, 0.25) is 0 Å². The molecular weight excluding hydrogens is 276 g/mol. The minimum atomic E-state index is -4.26. The largest absolute Gasteiger partial charge is 0.393 e. The van der Waals surface area contributed by atoms with Gasteiger partial charge in [0, 0.05) is 6.04 Å². The molecular formula is C12H15F2NO3S. The van der Waals surface area contributed by atoms with Gasteiger partial charge in [-0.05, 0) is 37.8 Å². The minimum Gasteiger partial charge on any atom is -0.393 e. The number of halogens is 2. The molecule has 2 atom stereocenters. The summed E-state index contributed by atoms with van der Waals surface area (Å²) in [4.78, 5) is -0.963. The fraction of sp³-hybridized carbons (Fsp3) is 0.500. The van der Waals surface area contributed by atoms with Gasteiger partial charge in [-0.25, -0.2) is 21.9 Å². The second-order valence-electron chi connectivity index (χ2n) is 4.69. The molecule has 0 heterocycles. The molecule has 4 nitrogen and oxygen atoms in total. The molecule has 0 saturated heterocycles. The van der Waals surface area contributed by atoms with Crippen molar-refractivity contribution in [3.05, 3.63) is 29.8 Å². The Morgan fingerprint density at radius 3 is 2.42 bits per heavy atom. The monoisotopic (exact) mass is 291 g/mol. The van der Waals surface area contributed by atoms with Gasteiger partial charge in [-0.3, -0.25) is 0 Å². The zero-order valence-electron chi connectivity index (χ0n) is 10.1. The van der Waals surface area contributed by atoms with Gasteiger partial charge in [0.25, 0.3) is 0 Å². The van der Waals surface area contributed by atoms with Crippen LogP contribution in [0.15, 0.2) is 23.1 Å². The Morgan fingerprint density at radius 2 is 1.84 bits per heavy atom. The molecule has 0 bridgehead atoms. The molecule has 0 amide bonds. The maximum atomic E-state index is 13.5. The van der Waals surface area contributed by atoms with Crippen molar-refractivity contribution in [1.82, 2.24) is 4.72 Å². The molecule has 7 heteroatoms. The number of benzene rings is 1. The van der Waals surface area contributed by atoms with Crippen molar-refractivity contribution in [1.29, 1.82) is 0 Å². The predicted octanol–water partition coefficient (Wildman–Crippen LogP) is 1.55. The highest BCUT2D eigenvalue weighted by molar-refractivity contribution is 7.89. The van der Waals surface area contributed by atoms with E-state index < -0.39 is 38.7 Å². The van der Waals surface area contributed by atoms with E-state index in [0.29, 0.717) is 19.3 Å². The van der Waals surface area contributed by atoms with Crippen molar-refractivity contribution in [2.45, 2.75) is 42.7 Å². The summed E-state index contributed by atoms with van der Waals surface area (Å²) in [6.45, 7) is 0. The van der Waals surface area contributed by atoms with Crippen molar-refractivity contribution in [2.24, 2.45) is 0 Å². The fourth-order valence-electron chi connectivity index (χ4n) is 2.29. The van der Waals surface area contributed by atoms with Gasteiger partial charge in [0.15, 0.2) is 4.90 Å². The maximum Gasteiger partial charge on any atom is 0.246 e. The molecule has 2 rings (SSSR count). The first-order valence-corrected chi connectivity index (χ1v) is 7.53. The van der Waals surface area contributed by atoms with Gasteiger partial charge in [-0.1, -0.05) is 6.07 Å². The Balaban J connectivity index is 2.23. The summed E-state index contributed by atoms with van der Waals surface area (Å²) >= 11 is 0. The van der Waals surface area contributed by atoms with Crippen LogP contribution in [0, 0.1) is 11.6 Å². The van der Waals surface area contributed by atoms with E-state index in [9.17, 15) is 22.3 Å². The molecule has 2 N–H and O–H groups in total. The molecule has 106 valence electrons. The Hall–Kier alpha value is -1.05. The van der Waals surface area contributed by atoms with Crippen molar-refractivity contribution in [3.8, 4) is 0 Å². The SMILES string of the molecule is O=S(=O)(N[C@H]1CCC[C@@H](O)C1)c1c(F)cccc1F. The number of hydrogen-bond donors (Lipinski definition) is 2. The highest BCUT2D eigenvalue weighted by Gasteiger charge is 2.29. The summed E-state index contributed by atoms with van der Waals surface area (Å²) in [5.41, 5.74) is 0. The zero-order valence-corrected chi connectivity index (χ0v) is 11.0. The average Bonchev–Trinajstić information content (AvgIpc) is 2.27. The van der Waals surface area contributed by atoms with Crippen molar-refractivity contribution >= 4 is 10.0 Å². The Morgan fingerprint density at radius 1 is 1.21 bits per heavy atom. The molecule has 19 heavy (non-hydrogen) atoms. The van der Waals surface area contributed by atoms with Gasteiger partial charge >= 0.3 is 0 Å². The van der Waals surface area contributed by atoms with E-state index in [2.05, 4.69) is 4.72 Å². The van der Waals surface area contributed by atoms with Gasteiger partial charge in [0.1, 0.15) is 11.6 Å². The predicted molar refractivity (Wildman–Crippen MR) is 64.9 cm³/mol. The van der Waals surface area contributed by atoms with Crippen LogP contribution in [0.25, 0.3) is 0 Å². The molecule has 1 aliphatic rings. The van der Waals surface area contributed by atoms with Crippen LogP contribution >= 0.6 is 0 Å². The lowest BCUT2D eigenvalue weighted by molar-refractivity contribution is 0.117. The Labute approximate surface area is 110 Å². The zero-order chi connectivity index (χ0) is 14.0. The Kier molecular flexibility index (Phi) is 4.17.